The fourth-order valence-electron chi connectivity index (χ4n) is 4.28. The van der Waals surface area contributed by atoms with E-state index in [1.165, 1.54) is 25.1 Å². The molecule has 25 heavy (non-hydrogen) atoms. The maximum absolute atomic E-state index is 12.3. The number of likely N-dealkylation sites (N-methyl/N-ethyl adjacent to an activating group) is 1. The standard InChI is InChI=1S/C20H32N4O/c1-22(2)14-15-24-17-20(10-7-19(24)25)9-5-12-23(16-20)13-8-18-6-3-4-11-21-18/h3-4,6,11H,5,7-10,12-17H2,1-2H3. The number of carbonyl (C=O) groups is 1. The lowest BCUT2D eigenvalue weighted by molar-refractivity contribution is -0.139. The molecule has 1 amide bonds. The quantitative estimate of drug-likeness (QED) is 0.790. The van der Waals surface area contributed by atoms with Crippen LogP contribution >= 0.6 is 0 Å². The number of aromatic nitrogens is 1. The first-order chi connectivity index (χ1) is 12.1. The first-order valence-electron chi connectivity index (χ1n) is 9.61. The maximum Gasteiger partial charge on any atom is 0.222 e. The highest BCUT2D eigenvalue weighted by Crippen LogP contribution is 2.38. The van der Waals surface area contributed by atoms with Gasteiger partial charge in [-0.25, -0.2) is 0 Å². The van der Waals surface area contributed by atoms with Crippen LogP contribution in [0.4, 0.5) is 0 Å². The molecular formula is C20H32N4O. The Balaban J connectivity index is 1.56. The molecule has 138 valence electrons. The molecule has 0 radical (unpaired) electrons. The van der Waals surface area contributed by atoms with Gasteiger partial charge in [0.05, 0.1) is 0 Å². The molecule has 1 atom stereocenters. The highest BCUT2D eigenvalue weighted by molar-refractivity contribution is 5.77. The summed E-state index contributed by atoms with van der Waals surface area (Å²) in [6.07, 6.45) is 7.19. The Morgan fingerprint density at radius 1 is 1.20 bits per heavy atom. The summed E-state index contributed by atoms with van der Waals surface area (Å²) in [5, 5.41) is 0. The summed E-state index contributed by atoms with van der Waals surface area (Å²) >= 11 is 0. The summed E-state index contributed by atoms with van der Waals surface area (Å²) in [6.45, 7) is 6.14. The Labute approximate surface area is 152 Å². The fraction of sp³-hybridized carbons (Fsp3) is 0.700. The minimum Gasteiger partial charge on any atom is -0.341 e. The highest BCUT2D eigenvalue weighted by atomic mass is 16.2. The molecular weight excluding hydrogens is 312 g/mol. The second kappa shape index (κ2) is 8.28. The number of likely N-dealkylation sites (tertiary alicyclic amines) is 2. The molecule has 5 heteroatoms. The summed E-state index contributed by atoms with van der Waals surface area (Å²) < 4.78 is 0. The average molecular weight is 345 g/mol. The second-order valence-corrected chi connectivity index (χ2v) is 8.07. The van der Waals surface area contributed by atoms with E-state index in [0.717, 1.165) is 52.0 Å². The van der Waals surface area contributed by atoms with Gasteiger partial charge >= 0.3 is 0 Å². The van der Waals surface area contributed by atoms with Crippen LogP contribution in [0.15, 0.2) is 24.4 Å². The van der Waals surface area contributed by atoms with Crippen molar-refractivity contribution >= 4 is 5.91 Å². The lowest BCUT2D eigenvalue weighted by Gasteiger charge is -2.48. The third-order valence-electron chi connectivity index (χ3n) is 5.72. The number of piperidine rings is 2. The van der Waals surface area contributed by atoms with Crippen molar-refractivity contribution in [3.63, 3.8) is 0 Å². The zero-order valence-corrected chi connectivity index (χ0v) is 15.8. The number of nitrogens with zero attached hydrogens (tertiary/aromatic N) is 4. The van der Waals surface area contributed by atoms with Crippen molar-refractivity contribution in [1.82, 2.24) is 19.7 Å². The number of carbonyl (C=O) groups excluding carboxylic acids is 1. The lowest BCUT2D eigenvalue weighted by atomic mass is 9.73. The molecule has 3 heterocycles. The monoisotopic (exact) mass is 344 g/mol. The fourth-order valence-corrected chi connectivity index (χ4v) is 4.28. The minimum absolute atomic E-state index is 0.308. The van der Waals surface area contributed by atoms with Crippen molar-refractivity contribution in [1.29, 1.82) is 0 Å². The van der Waals surface area contributed by atoms with E-state index in [9.17, 15) is 4.79 Å². The van der Waals surface area contributed by atoms with E-state index in [0.29, 0.717) is 11.3 Å². The maximum atomic E-state index is 12.3. The molecule has 1 spiro atoms. The van der Waals surface area contributed by atoms with Gasteiger partial charge in [0.2, 0.25) is 5.91 Å². The summed E-state index contributed by atoms with van der Waals surface area (Å²) in [7, 11) is 4.15. The normalized spacial score (nSPS) is 25.1. The van der Waals surface area contributed by atoms with Gasteiger partial charge in [-0.1, -0.05) is 6.07 Å². The SMILES string of the molecule is CN(C)CCN1CC2(CCCN(CCc3ccccn3)C2)CCC1=O. The zero-order valence-electron chi connectivity index (χ0n) is 15.8. The van der Waals surface area contributed by atoms with E-state index in [1.54, 1.807) is 0 Å². The van der Waals surface area contributed by atoms with Gasteiger partial charge in [0.1, 0.15) is 0 Å². The molecule has 2 saturated heterocycles. The number of rotatable bonds is 6. The van der Waals surface area contributed by atoms with Crippen molar-refractivity contribution in [3.05, 3.63) is 30.1 Å². The van der Waals surface area contributed by atoms with E-state index >= 15 is 0 Å². The summed E-state index contributed by atoms with van der Waals surface area (Å²) in [4.78, 5) is 23.6. The predicted octanol–water partition coefficient (Wildman–Crippen LogP) is 1.89. The molecule has 1 unspecified atom stereocenters. The predicted molar refractivity (Wildman–Crippen MR) is 100 cm³/mol. The third-order valence-corrected chi connectivity index (χ3v) is 5.72. The summed E-state index contributed by atoms with van der Waals surface area (Å²) in [6, 6.07) is 6.15. The number of hydrogen-bond donors (Lipinski definition) is 0. The minimum atomic E-state index is 0.308. The number of hydrogen-bond acceptors (Lipinski definition) is 4. The van der Waals surface area contributed by atoms with Crippen LogP contribution in [0.3, 0.4) is 0 Å². The molecule has 2 fully saturated rings. The van der Waals surface area contributed by atoms with Gasteiger partial charge in [0, 0.05) is 62.9 Å². The van der Waals surface area contributed by atoms with Crippen LogP contribution in [0, 0.1) is 5.41 Å². The molecule has 1 aromatic rings. The molecule has 2 aliphatic rings. The second-order valence-electron chi connectivity index (χ2n) is 8.07. The van der Waals surface area contributed by atoms with Crippen LogP contribution < -0.4 is 0 Å². The molecule has 3 rings (SSSR count). The Hall–Kier alpha value is -1.46. The first kappa shape index (κ1) is 18.3. The Bertz CT molecular complexity index is 562. The largest absolute Gasteiger partial charge is 0.341 e. The molecule has 2 aliphatic heterocycles. The van der Waals surface area contributed by atoms with E-state index in [2.05, 4.69) is 45.9 Å². The Kier molecular flexibility index (Phi) is 6.07. The van der Waals surface area contributed by atoms with Crippen molar-refractivity contribution in [2.45, 2.75) is 32.1 Å². The van der Waals surface area contributed by atoms with E-state index < -0.39 is 0 Å². The molecule has 0 saturated carbocycles. The average Bonchev–Trinajstić information content (AvgIpc) is 2.62. The van der Waals surface area contributed by atoms with Crippen LogP contribution in [0.2, 0.25) is 0 Å². The zero-order chi connectivity index (χ0) is 17.7. The molecule has 5 nitrogen and oxygen atoms in total. The lowest BCUT2D eigenvalue weighted by Crippen LogP contribution is -2.55. The summed E-state index contributed by atoms with van der Waals surface area (Å²) in [5.41, 5.74) is 1.48. The van der Waals surface area contributed by atoms with Crippen molar-refractivity contribution in [3.8, 4) is 0 Å². The molecule has 0 aromatic carbocycles. The third kappa shape index (κ3) is 5.02. The van der Waals surface area contributed by atoms with E-state index in [1.807, 2.05) is 12.3 Å². The van der Waals surface area contributed by atoms with Crippen LogP contribution in [0.25, 0.3) is 0 Å². The molecule has 0 aliphatic carbocycles. The van der Waals surface area contributed by atoms with Crippen molar-refractivity contribution < 1.29 is 4.79 Å². The Morgan fingerprint density at radius 2 is 2.08 bits per heavy atom. The van der Waals surface area contributed by atoms with Crippen LogP contribution in [0.1, 0.15) is 31.4 Å². The summed E-state index contributed by atoms with van der Waals surface area (Å²) in [5.74, 6) is 0.345. The van der Waals surface area contributed by atoms with Gasteiger partial charge < -0.3 is 14.7 Å². The highest BCUT2D eigenvalue weighted by Gasteiger charge is 2.41. The van der Waals surface area contributed by atoms with Gasteiger partial charge in [-0.3, -0.25) is 9.78 Å². The van der Waals surface area contributed by atoms with E-state index in [-0.39, 0.29) is 0 Å². The first-order valence-corrected chi connectivity index (χ1v) is 9.61. The van der Waals surface area contributed by atoms with Gasteiger partial charge in [0.15, 0.2) is 0 Å². The van der Waals surface area contributed by atoms with Crippen LogP contribution in [-0.2, 0) is 11.2 Å². The van der Waals surface area contributed by atoms with Gasteiger partial charge in [0.25, 0.3) is 0 Å². The topological polar surface area (TPSA) is 39.7 Å². The Morgan fingerprint density at radius 3 is 2.84 bits per heavy atom. The van der Waals surface area contributed by atoms with Gasteiger partial charge in [-0.15, -0.1) is 0 Å². The molecule has 0 bridgehead atoms. The molecule has 1 aromatic heterocycles. The van der Waals surface area contributed by atoms with E-state index in [4.69, 9.17) is 0 Å². The molecule has 0 N–H and O–H groups in total. The van der Waals surface area contributed by atoms with Gasteiger partial charge in [-0.2, -0.15) is 0 Å². The number of amides is 1. The van der Waals surface area contributed by atoms with Crippen LogP contribution in [-0.4, -0.2) is 79.0 Å². The smallest absolute Gasteiger partial charge is 0.222 e. The van der Waals surface area contributed by atoms with Crippen molar-refractivity contribution in [2.75, 3.05) is 53.4 Å². The van der Waals surface area contributed by atoms with Crippen molar-refractivity contribution in [2.24, 2.45) is 5.41 Å². The van der Waals surface area contributed by atoms with Crippen LogP contribution in [0.5, 0.6) is 0 Å². The van der Waals surface area contributed by atoms with Gasteiger partial charge in [-0.05, 0) is 52.0 Å². The number of pyridine rings is 1.